The highest BCUT2D eigenvalue weighted by molar-refractivity contribution is 5.74. The lowest BCUT2D eigenvalue weighted by Crippen LogP contribution is -2.42. The SMILES string of the molecule is CONC(=O)CCC(C)N1CCOCC1. The number of hydrogen-bond donors (Lipinski definition) is 1. The number of hydrogen-bond acceptors (Lipinski definition) is 4. The monoisotopic (exact) mass is 216 g/mol. The summed E-state index contributed by atoms with van der Waals surface area (Å²) in [7, 11) is 1.45. The minimum atomic E-state index is -0.0578. The van der Waals surface area contributed by atoms with E-state index in [-0.39, 0.29) is 5.91 Å². The van der Waals surface area contributed by atoms with Gasteiger partial charge in [0.05, 0.1) is 20.3 Å². The molecule has 0 aliphatic carbocycles. The van der Waals surface area contributed by atoms with E-state index in [0.29, 0.717) is 12.5 Å². The Balaban J connectivity index is 2.16. The number of morpholine rings is 1. The van der Waals surface area contributed by atoms with Gasteiger partial charge in [-0.3, -0.25) is 14.5 Å². The van der Waals surface area contributed by atoms with Crippen LogP contribution in [0.4, 0.5) is 0 Å². The van der Waals surface area contributed by atoms with Crippen molar-refractivity contribution >= 4 is 5.91 Å². The average molecular weight is 216 g/mol. The van der Waals surface area contributed by atoms with Gasteiger partial charge in [-0.15, -0.1) is 0 Å². The van der Waals surface area contributed by atoms with Crippen LogP contribution in [0.25, 0.3) is 0 Å². The molecule has 1 aliphatic heterocycles. The molecule has 1 N–H and O–H groups in total. The minimum absolute atomic E-state index is 0.0578. The standard InChI is InChI=1S/C10H20N2O3/c1-9(3-4-10(13)11-14-2)12-5-7-15-8-6-12/h9H,3-8H2,1-2H3,(H,11,13). The van der Waals surface area contributed by atoms with Gasteiger partial charge in [0.25, 0.3) is 0 Å². The van der Waals surface area contributed by atoms with Crippen LogP contribution in [0.3, 0.4) is 0 Å². The van der Waals surface area contributed by atoms with Crippen LogP contribution in [0.15, 0.2) is 0 Å². The summed E-state index contributed by atoms with van der Waals surface area (Å²) in [6.07, 6.45) is 1.36. The molecule has 1 saturated heterocycles. The van der Waals surface area contributed by atoms with Gasteiger partial charge in [0, 0.05) is 25.6 Å². The lowest BCUT2D eigenvalue weighted by Gasteiger charge is -2.32. The highest BCUT2D eigenvalue weighted by atomic mass is 16.6. The van der Waals surface area contributed by atoms with E-state index in [9.17, 15) is 4.79 Å². The third-order valence-corrected chi connectivity index (χ3v) is 2.67. The molecule has 0 aromatic rings. The third-order valence-electron chi connectivity index (χ3n) is 2.67. The maximum atomic E-state index is 11.2. The van der Waals surface area contributed by atoms with E-state index in [2.05, 4.69) is 22.1 Å². The van der Waals surface area contributed by atoms with Crippen LogP contribution in [-0.2, 0) is 14.4 Å². The van der Waals surface area contributed by atoms with E-state index in [0.717, 1.165) is 32.7 Å². The number of rotatable bonds is 5. The third kappa shape index (κ3) is 4.59. The van der Waals surface area contributed by atoms with Crippen LogP contribution in [-0.4, -0.2) is 50.3 Å². The molecule has 1 heterocycles. The van der Waals surface area contributed by atoms with Crippen molar-refractivity contribution in [2.45, 2.75) is 25.8 Å². The van der Waals surface area contributed by atoms with Crippen LogP contribution >= 0.6 is 0 Å². The second kappa shape index (κ2) is 6.76. The molecule has 0 aromatic heterocycles. The first-order chi connectivity index (χ1) is 7.24. The first-order valence-electron chi connectivity index (χ1n) is 5.37. The summed E-state index contributed by atoms with van der Waals surface area (Å²) in [6.45, 7) is 5.68. The van der Waals surface area contributed by atoms with E-state index in [4.69, 9.17) is 4.74 Å². The lowest BCUT2D eigenvalue weighted by molar-refractivity contribution is -0.131. The van der Waals surface area contributed by atoms with Gasteiger partial charge in [0.1, 0.15) is 0 Å². The molecule has 5 nitrogen and oxygen atoms in total. The van der Waals surface area contributed by atoms with Crippen molar-refractivity contribution in [3.8, 4) is 0 Å². The largest absolute Gasteiger partial charge is 0.379 e. The fourth-order valence-corrected chi connectivity index (χ4v) is 1.71. The molecule has 0 saturated carbocycles. The van der Waals surface area contributed by atoms with Crippen LogP contribution in [0.5, 0.6) is 0 Å². The normalized spacial score (nSPS) is 19.9. The van der Waals surface area contributed by atoms with Crippen LogP contribution in [0, 0.1) is 0 Å². The van der Waals surface area contributed by atoms with E-state index >= 15 is 0 Å². The van der Waals surface area contributed by atoms with Gasteiger partial charge in [-0.25, -0.2) is 5.48 Å². The molecule has 15 heavy (non-hydrogen) atoms. The van der Waals surface area contributed by atoms with Gasteiger partial charge in [-0.05, 0) is 13.3 Å². The predicted octanol–water partition coefficient (Wildman–Crippen LogP) is 0.165. The molecule has 1 fully saturated rings. The summed E-state index contributed by atoms with van der Waals surface area (Å²) >= 11 is 0. The Hall–Kier alpha value is -0.650. The number of carbonyl (C=O) groups is 1. The summed E-state index contributed by atoms with van der Waals surface area (Å²) in [5.41, 5.74) is 2.32. The fourth-order valence-electron chi connectivity index (χ4n) is 1.71. The zero-order valence-corrected chi connectivity index (χ0v) is 9.49. The number of amides is 1. The molecule has 0 bridgehead atoms. The maximum Gasteiger partial charge on any atom is 0.243 e. The van der Waals surface area contributed by atoms with Crippen molar-refractivity contribution < 1.29 is 14.4 Å². The molecule has 0 spiro atoms. The summed E-state index contributed by atoms with van der Waals surface area (Å²) in [5.74, 6) is -0.0578. The van der Waals surface area contributed by atoms with E-state index < -0.39 is 0 Å². The number of hydroxylamine groups is 1. The fraction of sp³-hybridized carbons (Fsp3) is 0.900. The first-order valence-corrected chi connectivity index (χ1v) is 5.37. The average Bonchev–Trinajstić information content (AvgIpc) is 2.27. The quantitative estimate of drug-likeness (QED) is 0.665. The molecule has 1 atom stereocenters. The van der Waals surface area contributed by atoms with E-state index in [1.165, 1.54) is 7.11 Å². The maximum absolute atomic E-state index is 11.2. The smallest absolute Gasteiger partial charge is 0.243 e. The van der Waals surface area contributed by atoms with Crippen molar-refractivity contribution in [2.75, 3.05) is 33.4 Å². The van der Waals surface area contributed by atoms with Crippen molar-refractivity contribution in [3.63, 3.8) is 0 Å². The highest BCUT2D eigenvalue weighted by Gasteiger charge is 2.17. The number of nitrogens with zero attached hydrogens (tertiary/aromatic N) is 1. The zero-order valence-electron chi connectivity index (χ0n) is 9.49. The van der Waals surface area contributed by atoms with E-state index in [1.807, 2.05) is 0 Å². The summed E-state index contributed by atoms with van der Waals surface area (Å²) in [4.78, 5) is 18.0. The second-order valence-electron chi connectivity index (χ2n) is 3.77. The van der Waals surface area contributed by atoms with Gasteiger partial charge in [-0.2, -0.15) is 0 Å². The van der Waals surface area contributed by atoms with Crippen molar-refractivity contribution in [3.05, 3.63) is 0 Å². The molecule has 1 rings (SSSR count). The second-order valence-corrected chi connectivity index (χ2v) is 3.77. The van der Waals surface area contributed by atoms with Crippen LogP contribution in [0.1, 0.15) is 19.8 Å². The van der Waals surface area contributed by atoms with Crippen molar-refractivity contribution in [1.29, 1.82) is 0 Å². The van der Waals surface area contributed by atoms with Crippen LogP contribution in [0.2, 0.25) is 0 Å². The Kier molecular flexibility index (Phi) is 5.60. The van der Waals surface area contributed by atoms with Gasteiger partial charge in [-0.1, -0.05) is 0 Å². The summed E-state index contributed by atoms with van der Waals surface area (Å²) in [5, 5.41) is 0. The van der Waals surface area contributed by atoms with Crippen molar-refractivity contribution in [2.24, 2.45) is 0 Å². The summed E-state index contributed by atoms with van der Waals surface area (Å²) < 4.78 is 5.27. The number of ether oxygens (including phenoxy) is 1. The van der Waals surface area contributed by atoms with E-state index in [1.54, 1.807) is 0 Å². The molecule has 1 aliphatic rings. The molecule has 0 radical (unpaired) electrons. The molecule has 5 heteroatoms. The highest BCUT2D eigenvalue weighted by Crippen LogP contribution is 2.08. The molecular formula is C10H20N2O3. The molecular weight excluding hydrogens is 196 g/mol. The lowest BCUT2D eigenvalue weighted by atomic mass is 10.1. The Morgan fingerprint density at radius 1 is 1.53 bits per heavy atom. The van der Waals surface area contributed by atoms with Gasteiger partial charge >= 0.3 is 0 Å². The number of nitrogens with one attached hydrogen (secondary N) is 1. The van der Waals surface area contributed by atoms with Gasteiger partial charge in [0.15, 0.2) is 0 Å². The van der Waals surface area contributed by atoms with Gasteiger partial charge in [0.2, 0.25) is 5.91 Å². The Morgan fingerprint density at radius 2 is 2.20 bits per heavy atom. The van der Waals surface area contributed by atoms with Crippen LogP contribution < -0.4 is 5.48 Å². The molecule has 1 unspecified atom stereocenters. The Bertz CT molecular complexity index is 193. The zero-order chi connectivity index (χ0) is 11.1. The molecule has 1 amide bonds. The molecule has 0 aromatic carbocycles. The predicted molar refractivity (Wildman–Crippen MR) is 56.2 cm³/mol. The Morgan fingerprint density at radius 3 is 2.80 bits per heavy atom. The summed E-state index contributed by atoms with van der Waals surface area (Å²) in [6, 6.07) is 0.427. The van der Waals surface area contributed by atoms with Gasteiger partial charge < -0.3 is 4.74 Å². The Labute approximate surface area is 90.7 Å². The minimum Gasteiger partial charge on any atom is -0.379 e. The number of carbonyl (C=O) groups excluding carboxylic acids is 1. The molecule has 88 valence electrons. The topological polar surface area (TPSA) is 50.8 Å². The van der Waals surface area contributed by atoms with Crippen molar-refractivity contribution in [1.82, 2.24) is 10.4 Å². The first kappa shape index (κ1) is 12.4.